The van der Waals surface area contributed by atoms with Gasteiger partial charge in [0.1, 0.15) is 0 Å². The second kappa shape index (κ2) is 6.88. The fourth-order valence-corrected chi connectivity index (χ4v) is 4.92. The molecular formula is C26H23N5. The first-order valence-corrected chi connectivity index (χ1v) is 10.8. The van der Waals surface area contributed by atoms with Gasteiger partial charge in [0.25, 0.3) is 0 Å². The summed E-state index contributed by atoms with van der Waals surface area (Å²) in [6, 6.07) is 19.1. The Hall–Kier alpha value is -3.78. The highest BCUT2D eigenvalue weighted by Gasteiger charge is 2.24. The summed E-state index contributed by atoms with van der Waals surface area (Å²) >= 11 is 0. The highest BCUT2D eigenvalue weighted by Crippen LogP contribution is 2.36. The van der Waals surface area contributed by atoms with E-state index in [1.54, 1.807) is 0 Å². The van der Waals surface area contributed by atoms with Gasteiger partial charge in [-0.15, -0.1) is 0 Å². The van der Waals surface area contributed by atoms with Crippen LogP contribution in [0.25, 0.3) is 28.3 Å². The van der Waals surface area contributed by atoms with Crippen LogP contribution in [0, 0.1) is 18.3 Å². The molecule has 0 atom stereocenters. The van der Waals surface area contributed by atoms with E-state index in [2.05, 4.69) is 57.5 Å². The van der Waals surface area contributed by atoms with Crippen LogP contribution in [-0.4, -0.2) is 27.2 Å². The van der Waals surface area contributed by atoms with Gasteiger partial charge >= 0.3 is 0 Å². The average Bonchev–Trinajstić information content (AvgIpc) is 3.53. The fourth-order valence-electron chi connectivity index (χ4n) is 4.92. The summed E-state index contributed by atoms with van der Waals surface area (Å²) in [6.07, 6.45) is 6.72. The van der Waals surface area contributed by atoms with Gasteiger partial charge in [0.15, 0.2) is 5.82 Å². The summed E-state index contributed by atoms with van der Waals surface area (Å²) in [4.78, 5) is 7.27. The Morgan fingerprint density at radius 2 is 1.77 bits per heavy atom. The van der Waals surface area contributed by atoms with Crippen LogP contribution < -0.4 is 4.90 Å². The lowest BCUT2D eigenvalue weighted by Crippen LogP contribution is -2.18. The Labute approximate surface area is 181 Å². The van der Waals surface area contributed by atoms with E-state index in [4.69, 9.17) is 10.2 Å². The van der Waals surface area contributed by atoms with Crippen molar-refractivity contribution < 1.29 is 0 Å². The predicted octanol–water partition coefficient (Wildman–Crippen LogP) is 5.15. The number of rotatable bonds is 2. The van der Waals surface area contributed by atoms with Crippen molar-refractivity contribution in [2.45, 2.75) is 26.3 Å². The molecule has 5 heteroatoms. The van der Waals surface area contributed by atoms with Gasteiger partial charge in [-0.3, -0.25) is 4.57 Å². The van der Waals surface area contributed by atoms with Crippen molar-refractivity contribution in [2.24, 2.45) is 0 Å². The van der Waals surface area contributed by atoms with Crippen molar-refractivity contribution in [2.75, 3.05) is 18.0 Å². The van der Waals surface area contributed by atoms with E-state index >= 15 is 0 Å². The number of anilines is 1. The lowest BCUT2D eigenvalue weighted by atomic mass is 10.1. The monoisotopic (exact) mass is 405 g/mol. The third-order valence-electron chi connectivity index (χ3n) is 6.53. The van der Waals surface area contributed by atoms with Gasteiger partial charge in [0, 0.05) is 49.0 Å². The minimum Gasteiger partial charge on any atom is -0.372 e. The zero-order valence-electron chi connectivity index (χ0n) is 17.5. The van der Waals surface area contributed by atoms with Gasteiger partial charge in [0.2, 0.25) is 0 Å². The number of hydrogen-bond donors (Lipinski definition) is 0. The maximum Gasteiger partial charge on any atom is 0.161 e. The van der Waals surface area contributed by atoms with Crippen LogP contribution in [0.15, 0.2) is 60.9 Å². The molecule has 0 bridgehead atoms. The van der Waals surface area contributed by atoms with Gasteiger partial charge in [0.05, 0.1) is 23.0 Å². The highest BCUT2D eigenvalue weighted by molar-refractivity contribution is 5.73. The maximum absolute atomic E-state index is 9.10. The molecule has 2 aromatic heterocycles. The molecule has 2 aromatic carbocycles. The van der Waals surface area contributed by atoms with E-state index in [9.17, 15) is 0 Å². The number of aryl methyl sites for hydroxylation is 1. The van der Waals surface area contributed by atoms with E-state index < -0.39 is 0 Å². The first-order chi connectivity index (χ1) is 15.2. The molecule has 0 unspecified atom stereocenters. The number of fused-ring (bicyclic) bond motifs is 5. The van der Waals surface area contributed by atoms with E-state index in [1.165, 1.54) is 29.8 Å². The molecular weight excluding hydrogens is 382 g/mol. The van der Waals surface area contributed by atoms with Crippen molar-refractivity contribution in [1.82, 2.24) is 14.1 Å². The quantitative estimate of drug-likeness (QED) is 0.408. The van der Waals surface area contributed by atoms with E-state index in [1.807, 2.05) is 30.5 Å². The van der Waals surface area contributed by atoms with Gasteiger partial charge in [-0.1, -0.05) is 12.1 Å². The molecule has 0 radical (unpaired) electrons. The van der Waals surface area contributed by atoms with Crippen molar-refractivity contribution in [3.63, 3.8) is 0 Å². The molecule has 1 saturated heterocycles. The Balaban J connectivity index is 1.49. The molecule has 0 amide bonds. The molecule has 4 aromatic rings. The molecule has 2 aliphatic rings. The van der Waals surface area contributed by atoms with Crippen molar-refractivity contribution in [3.05, 3.63) is 77.7 Å². The van der Waals surface area contributed by atoms with Gasteiger partial charge in [-0.05, 0) is 67.3 Å². The van der Waals surface area contributed by atoms with Crippen LogP contribution in [0.3, 0.4) is 0 Å². The molecule has 0 aliphatic carbocycles. The summed E-state index contributed by atoms with van der Waals surface area (Å²) in [5.74, 6) is 0.977. The predicted molar refractivity (Wildman–Crippen MR) is 122 cm³/mol. The normalized spacial score (nSPS) is 14.5. The van der Waals surface area contributed by atoms with E-state index in [0.29, 0.717) is 5.56 Å². The Kier molecular flexibility index (Phi) is 4.00. The molecule has 0 N–H and O–H groups in total. The largest absolute Gasteiger partial charge is 0.372 e. The van der Waals surface area contributed by atoms with Crippen molar-refractivity contribution >= 4 is 5.69 Å². The maximum atomic E-state index is 9.10. The van der Waals surface area contributed by atoms with Gasteiger partial charge in [-0.2, -0.15) is 5.26 Å². The number of imidazole rings is 1. The molecule has 6 rings (SSSR count). The molecule has 0 spiro atoms. The number of nitrogens with zero attached hydrogens (tertiary/aromatic N) is 5. The summed E-state index contributed by atoms with van der Waals surface area (Å²) in [6.45, 7) is 5.22. The van der Waals surface area contributed by atoms with E-state index in [-0.39, 0.29) is 0 Å². The molecule has 4 heterocycles. The molecule has 5 nitrogen and oxygen atoms in total. The number of benzene rings is 2. The zero-order valence-corrected chi connectivity index (χ0v) is 17.5. The third-order valence-corrected chi connectivity index (χ3v) is 6.53. The molecule has 0 saturated carbocycles. The topological polar surface area (TPSA) is 49.8 Å². The first kappa shape index (κ1) is 18.0. The lowest BCUT2D eigenvalue weighted by Gasteiger charge is -2.20. The highest BCUT2D eigenvalue weighted by atomic mass is 15.2. The van der Waals surface area contributed by atoms with E-state index in [0.717, 1.165) is 48.0 Å². The Morgan fingerprint density at radius 3 is 2.55 bits per heavy atom. The minimum absolute atomic E-state index is 0.680. The number of nitriles is 1. The number of aromatic nitrogens is 3. The van der Waals surface area contributed by atoms with Crippen LogP contribution in [0.1, 0.15) is 29.7 Å². The van der Waals surface area contributed by atoms with Crippen molar-refractivity contribution in [1.29, 1.82) is 5.26 Å². The minimum atomic E-state index is 0.680. The van der Waals surface area contributed by atoms with Gasteiger partial charge < -0.3 is 9.47 Å². The van der Waals surface area contributed by atoms with Gasteiger partial charge in [-0.25, -0.2) is 4.98 Å². The number of hydrogen-bond acceptors (Lipinski definition) is 3. The van der Waals surface area contributed by atoms with Crippen LogP contribution in [0.5, 0.6) is 0 Å². The van der Waals surface area contributed by atoms with Crippen molar-refractivity contribution in [3.8, 4) is 34.4 Å². The third kappa shape index (κ3) is 2.87. The van der Waals surface area contributed by atoms with Crippen LogP contribution in [0.2, 0.25) is 0 Å². The molecule has 1 fully saturated rings. The second-order valence-corrected chi connectivity index (χ2v) is 8.50. The Bertz CT molecular complexity index is 1330. The lowest BCUT2D eigenvalue weighted by molar-refractivity contribution is 0.817. The summed E-state index contributed by atoms with van der Waals surface area (Å²) in [7, 11) is 0. The standard InChI is InChI=1S/C26H23N5/c1-18-15-28-26-25-13-21(20-6-4-19(14-27)5-7-20)16-30(25)17-22-12-23(29-10-2-3-11-29)8-9-24(22)31(18)26/h4-9,12-13,15-16H,2-3,10-11,17H2,1H3. The van der Waals surface area contributed by atoms with Crippen LogP contribution >= 0.6 is 0 Å². The summed E-state index contributed by atoms with van der Waals surface area (Å²) in [5.41, 5.74) is 9.04. The summed E-state index contributed by atoms with van der Waals surface area (Å²) in [5, 5.41) is 9.10. The fraction of sp³-hybridized carbons (Fsp3) is 0.231. The zero-order chi connectivity index (χ0) is 20.9. The molecule has 31 heavy (non-hydrogen) atoms. The van der Waals surface area contributed by atoms with Crippen LogP contribution in [-0.2, 0) is 6.54 Å². The summed E-state index contributed by atoms with van der Waals surface area (Å²) < 4.78 is 4.59. The SMILES string of the molecule is Cc1cnc2n1-c1ccc(N3CCCC3)cc1Cn1cc(-c3ccc(C#N)cc3)cc1-2. The second-order valence-electron chi connectivity index (χ2n) is 8.50. The molecule has 152 valence electrons. The average molecular weight is 406 g/mol. The smallest absolute Gasteiger partial charge is 0.161 e. The first-order valence-electron chi connectivity index (χ1n) is 10.8. The molecule has 2 aliphatic heterocycles. The Morgan fingerprint density at radius 1 is 0.968 bits per heavy atom. The van der Waals surface area contributed by atoms with Crippen LogP contribution in [0.4, 0.5) is 5.69 Å².